The third kappa shape index (κ3) is 1.62. The first kappa shape index (κ1) is 8.77. The number of aromatic nitrogens is 2. The molecule has 0 aromatic carbocycles. The van der Waals surface area contributed by atoms with E-state index in [9.17, 15) is 4.21 Å². The highest BCUT2D eigenvalue weighted by Crippen LogP contribution is 2.22. The molecule has 0 N–H and O–H groups in total. The Morgan fingerprint density at radius 3 is 3.00 bits per heavy atom. The van der Waals surface area contributed by atoms with Crippen LogP contribution in [0.15, 0.2) is 16.6 Å². The molecule has 0 fully saturated rings. The zero-order chi connectivity index (χ0) is 9.42. The first-order valence-corrected chi connectivity index (χ1v) is 6.11. The fourth-order valence-electron chi connectivity index (χ4n) is 1.02. The number of pyridine rings is 1. The van der Waals surface area contributed by atoms with Crippen LogP contribution in [0.5, 0.6) is 0 Å². The summed E-state index contributed by atoms with van der Waals surface area (Å²) in [6, 6.07) is 2.01. The lowest BCUT2D eigenvalue weighted by atomic mass is 10.3. The van der Waals surface area contributed by atoms with E-state index in [1.807, 2.05) is 13.0 Å². The monoisotopic (exact) mass is 212 g/mol. The highest BCUT2D eigenvalue weighted by atomic mass is 32.2. The van der Waals surface area contributed by atoms with Crippen LogP contribution in [0.2, 0.25) is 0 Å². The molecule has 0 radical (unpaired) electrons. The molecule has 0 aliphatic carbocycles. The van der Waals surface area contributed by atoms with Crippen LogP contribution in [-0.2, 0) is 10.8 Å². The zero-order valence-electron chi connectivity index (χ0n) is 7.27. The van der Waals surface area contributed by atoms with E-state index in [1.54, 1.807) is 12.5 Å². The summed E-state index contributed by atoms with van der Waals surface area (Å²) in [6.45, 7) is 1.98. The van der Waals surface area contributed by atoms with E-state index in [4.69, 9.17) is 0 Å². The quantitative estimate of drug-likeness (QED) is 0.723. The standard InChI is InChI=1S/C8H8N2OS2/c1-5-3-6-7(9-4-5)10-8(12-6)13(2)11/h3-4H,1-2H3/t13-/m1/s1. The van der Waals surface area contributed by atoms with Crippen molar-refractivity contribution in [1.82, 2.24) is 9.97 Å². The van der Waals surface area contributed by atoms with Crippen LogP contribution in [0.1, 0.15) is 5.56 Å². The highest BCUT2D eigenvalue weighted by Gasteiger charge is 2.07. The van der Waals surface area contributed by atoms with E-state index in [-0.39, 0.29) is 0 Å². The smallest absolute Gasteiger partial charge is 0.183 e. The summed E-state index contributed by atoms with van der Waals surface area (Å²) in [7, 11) is -1.00. The van der Waals surface area contributed by atoms with Crippen LogP contribution in [-0.4, -0.2) is 20.4 Å². The Bertz CT molecular complexity index is 478. The summed E-state index contributed by atoms with van der Waals surface area (Å²) < 4.78 is 12.8. The van der Waals surface area contributed by atoms with Crippen molar-refractivity contribution in [2.75, 3.05) is 6.26 Å². The van der Waals surface area contributed by atoms with Crippen molar-refractivity contribution >= 4 is 32.5 Å². The average Bonchev–Trinajstić information content (AvgIpc) is 2.46. The normalized spacial score (nSPS) is 13.4. The number of rotatable bonds is 1. The van der Waals surface area contributed by atoms with Crippen molar-refractivity contribution in [3.8, 4) is 0 Å². The van der Waals surface area contributed by atoms with E-state index < -0.39 is 10.8 Å². The van der Waals surface area contributed by atoms with E-state index in [1.165, 1.54) is 11.3 Å². The van der Waals surface area contributed by atoms with Crippen molar-refractivity contribution in [1.29, 1.82) is 0 Å². The summed E-state index contributed by atoms with van der Waals surface area (Å²) in [4.78, 5) is 8.31. The third-order valence-electron chi connectivity index (χ3n) is 1.61. The molecular weight excluding hydrogens is 204 g/mol. The highest BCUT2D eigenvalue weighted by molar-refractivity contribution is 7.86. The molecule has 68 valence electrons. The second-order valence-corrected chi connectivity index (χ2v) is 5.35. The number of nitrogens with zero attached hydrogens (tertiary/aromatic N) is 2. The van der Waals surface area contributed by atoms with Gasteiger partial charge in [-0.25, -0.2) is 9.97 Å². The molecule has 0 aliphatic heterocycles. The SMILES string of the molecule is Cc1cnc2nc([S@@](C)=O)sc2c1. The van der Waals surface area contributed by atoms with E-state index in [0.29, 0.717) is 9.99 Å². The van der Waals surface area contributed by atoms with Crippen molar-refractivity contribution in [2.45, 2.75) is 11.3 Å². The van der Waals surface area contributed by atoms with Gasteiger partial charge >= 0.3 is 0 Å². The maximum atomic E-state index is 11.1. The van der Waals surface area contributed by atoms with Crippen LogP contribution < -0.4 is 0 Å². The molecule has 0 aliphatic rings. The molecule has 1 atom stereocenters. The Balaban J connectivity index is 2.68. The lowest BCUT2D eigenvalue weighted by molar-refractivity contribution is 0.686. The Labute approximate surface area is 82.3 Å². The van der Waals surface area contributed by atoms with Gasteiger partial charge in [0.2, 0.25) is 0 Å². The number of aryl methyl sites for hydroxylation is 1. The molecular formula is C8H8N2OS2. The van der Waals surface area contributed by atoms with Crippen LogP contribution in [0.4, 0.5) is 0 Å². The molecule has 5 heteroatoms. The minimum Gasteiger partial charge on any atom is -0.252 e. The van der Waals surface area contributed by atoms with Gasteiger partial charge in [-0.2, -0.15) is 0 Å². The Kier molecular flexibility index (Phi) is 2.13. The molecule has 0 saturated heterocycles. The van der Waals surface area contributed by atoms with Crippen molar-refractivity contribution < 1.29 is 4.21 Å². The summed E-state index contributed by atoms with van der Waals surface area (Å²) >= 11 is 1.45. The van der Waals surface area contributed by atoms with Crippen LogP contribution in [0.25, 0.3) is 10.3 Å². The Morgan fingerprint density at radius 1 is 1.54 bits per heavy atom. The topological polar surface area (TPSA) is 42.9 Å². The Morgan fingerprint density at radius 2 is 2.31 bits per heavy atom. The molecule has 2 aromatic heterocycles. The summed E-state index contributed by atoms with van der Waals surface area (Å²) in [5, 5.41) is 0. The van der Waals surface area contributed by atoms with Gasteiger partial charge in [0.25, 0.3) is 0 Å². The van der Waals surface area contributed by atoms with Gasteiger partial charge in [-0.1, -0.05) is 0 Å². The first-order chi connectivity index (χ1) is 6.16. The van der Waals surface area contributed by atoms with E-state index in [2.05, 4.69) is 9.97 Å². The number of hydrogen-bond acceptors (Lipinski definition) is 4. The van der Waals surface area contributed by atoms with Gasteiger partial charge in [0.15, 0.2) is 9.99 Å². The predicted molar refractivity (Wildman–Crippen MR) is 54.5 cm³/mol. The molecule has 2 rings (SSSR count). The van der Waals surface area contributed by atoms with Gasteiger partial charge in [-0.3, -0.25) is 4.21 Å². The minimum atomic E-state index is -1.00. The van der Waals surface area contributed by atoms with Gasteiger partial charge in [-0.15, -0.1) is 11.3 Å². The Hall–Kier alpha value is -0.810. The second-order valence-electron chi connectivity index (χ2n) is 2.77. The molecule has 0 spiro atoms. The summed E-state index contributed by atoms with van der Waals surface area (Å²) in [5.74, 6) is 0. The molecule has 0 bridgehead atoms. The minimum absolute atomic E-state index is 0.646. The lowest BCUT2D eigenvalue weighted by Crippen LogP contribution is -1.84. The molecule has 2 heterocycles. The fourth-order valence-corrected chi connectivity index (χ4v) is 2.73. The molecule has 0 amide bonds. The molecule has 13 heavy (non-hydrogen) atoms. The fraction of sp³-hybridized carbons (Fsp3) is 0.250. The van der Waals surface area contributed by atoms with Crippen LogP contribution in [0, 0.1) is 6.92 Å². The number of thiazole rings is 1. The second kappa shape index (κ2) is 3.16. The van der Waals surface area contributed by atoms with Crippen molar-refractivity contribution in [2.24, 2.45) is 0 Å². The molecule has 0 unspecified atom stereocenters. The zero-order valence-corrected chi connectivity index (χ0v) is 8.91. The lowest BCUT2D eigenvalue weighted by Gasteiger charge is -1.87. The molecule has 2 aromatic rings. The average molecular weight is 212 g/mol. The largest absolute Gasteiger partial charge is 0.252 e. The predicted octanol–water partition coefficient (Wildman–Crippen LogP) is 1.74. The number of hydrogen-bond donors (Lipinski definition) is 0. The third-order valence-corrected chi connectivity index (χ3v) is 3.93. The maximum Gasteiger partial charge on any atom is 0.183 e. The number of fused-ring (bicyclic) bond motifs is 1. The summed E-state index contributed by atoms with van der Waals surface area (Å²) in [5.41, 5.74) is 1.80. The van der Waals surface area contributed by atoms with Gasteiger partial charge in [-0.05, 0) is 18.6 Å². The first-order valence-electron chi connectivity index (χ1n) is 3.73. The van der Waals surface area contributed by atoms with Gasteiger partial charge in [0.1, 0.15) is 0 Å². The van der Waals surface area contributed by atoms with Crippen LogP contribution in [0.3, 0.4) is 0 Å². The van der Waals surface area contributed by atoms with Gasteiger partial charge < -0.3 is 0 Å². The van der Waals surface area contributed by atoms with E-state index in [0.717, 1.165) is 10.3 Å². The molecule has 3 nitrogen and oxygen atoms in total. The molecule has 0 saturated carbocycles. The van der Waals surface area contributed by atoms with E-state index >= 15 is 0 Å². The maximum absolute atomic E-state index is 11.1. The van der Waals surface area contributed by atoms with Crippen molar-refractivity contribution in [3.05, 3.63) is 17.8 Å². The van der Waals surface area contributed by atoms with Gasteiger partial charge in [0, 0.05) is 12.5 Å². The van der Waals surface area contributed by atoms with Crippen LogP contribution >= 0.6 is 11.3 Å². The summed E-state index contributed by atoms with van der Waals surface area (Å²) in [6.07, 6.45) is 3.40. The van der Waals surface area contributed by atoms with Gasteiger partial charge in [0.05, 0.1) is 15.5 Å². The van der Waals surface area contributed by atoms with Crippen molar-refractivity contribution in [3.63, 3.8) is 0 Å².